The van der Waals surface area contributed by atoms with Gasteiger partial charge in [0.15, 0.2) is 0 Å². The molecule has 13 heavy (non-hydrogen) atoms. The molecule has 0 saturated carbocycles. The van der Waals surface area contributed by atoms with E-state index in [1.54, 1.807) is 0 Å². The summed E-state index contributed by atoms with van der Waals surface area (Å²) in [7, 11) is 0. The quantitative estimate of drug-likeness (QED) is 0.487. The van der Waals surface area contributed by atoms with Crippen LogP contribution in [0.4, 0.5) is 0 Å². The molecule has 1 N–H and O–H groups in total. The topological polar surface area (TPSA) is 37.3 Å². The summed E-state index contributed by atoms with van der Waals surface area (Å²) in [6.07, 6.45) is 8.87. The van der Waals surface area contributed by atoms with Crippen molar-refractivity contribution in [3.05, 3.63) is 12.2 Å². The monoisotopic (exact) mass is 184 g/mol. The van der Waals surface area contributed by atoms with Crippen LogP contribution in [0, 0.1) is 5.92 Å². The van der Waals surface area contributed by atoms with Crippen molar-refractivity contribution >= 4 is 5.97 Å². The summed E-state index contributed by atoms with van der Waals surface area (Å²) < 4.78 is 0. The molecule has 0 radical (unpaired) electrons. The van der Waals surface area contributed by atoms with Gasteiger partial charge in [0.05, 0.1) is 5.92 Å². The first-order chi connectivity index (χ1) is 6.22. The van der Waals surface area contributed by atoms with Crippen LogP contribution in [0.3, 0.4) is 0 Å². The summed E-state index contributed by atoms with van der Waals surface area (Å²) >= 11 is 0. The van der Waals surface area contributed by atoms with E-state index in [9.17, 15) is 4.79 Å². The van der Waals surface area contributed by atoms with Crippen LogP contribution in [0.2, 0.25) is 0 Å². The molecule has 0 aromatic rings. The van der Waals surface area contributed by atoms with Crippen molar-refractivity contribution in [3.63, 3.8) is 0 Å². The largest absolute Gasteiger partial charge is 0.481 e. The van der Waals surface area contributed by atoms with Crippen LogP contribution in [0.25, 0.3) is 0 Å². The molecule has 0 heterocycles. The molecule has 0 bridgehead atoms. The van der Waals surface area contributed by atoms with Crippen molar-refractivity contribution in [2.24, 2.45) is 5.92 Å². The van der Waals surface area contributed by atoms with Crippen molar-refractivity contribution in [2.45, 2.75) is 46.0 Å². The lowest BCUT2D eigenvalue weighted by Crippen LogP contribution is -2.11. The van der Waals surface area contributed by atoms with Gasteiger partial charge in [0.1, 0.15) is 0 Å². The number of unbranched alkanes of at least 4 members (excludes halogenated alkanes) is 1. The highest BCUT2D eigenvalue weighted by Gasteiger charge is 2.13. The maximum absolute atomic E-state index is 10.6. The van der Waals surface area contributed by atoms with Gasteiger partial charge >= 0.3 is 5.97 Å². The SMILES string of the molecule is CC/C=C/CCCC(CC)C(=O)O. The minimum absolute atomic E-state index is 0.143. The maximum atomic E-state index is 10.6. The van der Waals surface area contributed by atoms with Crippen LogP contribution in [0.5, 0.6) is 0 Å². The van der Waals surface area contributed by atoms with Gasteiger partial charge < -0.3 is 5.11 Å². The summed E-state index contributed by atoms with van der Waals surface area (Å²) in [6, 6.07) is 0. The van der Waals surface area contributed by atoms with E-state index in [1.807, 2.05) is 6.92 Å². The van der Waals surface area contributed by atoms with Gasteiger partial charge in [0, 0.05) is 0 Å². The van der Waals surface area contributed by atoms with E-state index in [1.165, 1.54) is 0 Å². The lowest BCUT2D eigenvalue weighted by molar-refractivity contribution is -0.142. The average Bonchev–Trinajstić information content (AvgIpc) is 2.10. The highest BCUT2D eigenvalue weighted by atomic mass is 16.4. The second-order valence-corrected chi connectivity index (χ2v) is 3.25. The lowest BCUT2D eigenvalue weighted by Gasteiger charge is -2.07. The van der Waals surface area contributed by atoms with E-state index >= 15 is 0 Å². The molecule has 0 fully saturated rings. The zero-order valence-corrected chi connectivity index (χ0v) is 8.62. The first kappa shape index (κ1) is 12.2. The van der Waals surface area contributed by atoms with E-state index in [0.29, 0.717) is 0 Å². The van der Waals surface area contributed by atoms with Crippen LogP contribution < -0.4 is 0 Å². The number of carboxylic acids is 1. The van der Waals surface area contributed by atoms with Crippen LogP contribution in [0.15, 0.2) is 12.2 Å². The number of aliphatic carboxylic acids is 1. The zero-order valence-electron chi connectivity index (χ0n) is 8.62. The number of hydrogen-bond donors (Lipinski definition) is 1. The molecular formula is C11H20O2. The van der Waals surface area contributed by atoms with Gasteiger partial charge in [0.25, 0.3) is 0 Å². The highest BCUT2D eigenvalue weighted by Crippen LogP contribution is 2.12. The predicted molar refractivity (Wildman–Crippen MR) is 54.7 cm³/mol. The molecule has 2 nitrogen and oxygen atoms in total. The van der Waals surface area contributed by atoms with E-state index in [4.69, 9.17) is 5.11 Å². The Hall–Kier alpha value is -0.790. The summed E-state index contributed by atoms with van der Waals surface area (Å²) in [5.74, 6) is -0.794. The summed E-state index contributed by atoms with van der Waals surface area (Å²) in [4.78, 5) is 10.6. The molecule has 0 aliphatic rings. The van der Waals surface area contributed by atoms with Crippen molar-refractivity contribution < 1.29 is 9.90 Å². The summed E-state index contributed by atoms with van der Waals surface area (Å²) in [5, 5.41) is 8.76. The third-order valence-corrected chi connectivity index (χ3v) is 2.17. The Morgan fingerprint density at radius 2 is 2.08 bits per heavy atom. The lowest BCUT2D eigenvalue weighted by atomic mass is 9.99. The second-order valence-electron chi connectivity index (χ2n) is 3.25. The molecule has 2 heteroatoms. The van der Waals surface area contributed by atoms with E-state index in [0.717, 1.165) is 32.1 Å². The molecule has 1 unspecified atom stereocenters. The van der Waals surface area contributed by atoms with Gasteiger partial charge in [-0.2, -0.15) is 0 Å². The average molecular weight is 184 g/mol. The van der Waals surface area contributed by atoms with Gasteiger partial charge in [-0.25, -0.2) is 0 Å². The number of allylic oxidation sites excluding steroid dienone is 2. The third-order valence-electron chi connectivity index (χ3n) is 2.17. The summed E-state index contributed by atoms with van der Waals surface area (Å²) in [5.41, 5.74) is 0. The molecule has 76 valence electrons. The smallest absolute Gasteiger partial charge is 0.306 e. The number of carboxylic acid groups (broad SMARTS) is 1. The summed E-state index contributed by atoms with van der Waals surface area (Å²) in [6.45, 7) is 4.03. The van der Waals surface area contributed by atoms with E-state index < -0.39 is 5.97 Å². The van der Waals surface area contributed by atoms with Crippen molar-refractivity contribution in [1.82, 2.24) is 0 Å². The van der Waals surface area contributed by atoms with Gasteiger partial charge in [-0.3, -0.25) is 4.79 Å². The molecule has 0 rings (SSSR count). The molecular weight excluding hydrogens is 164 g/mol. The molecule has 0 aromatic heterocycles. The fourth-order valence-corrected chi connectivity index (χ4v) is 1.27. The molecule has 1 atom stereocenters. The second kappa shape index (κ2) is 7.84. The molecule has 0 aromatic carbocycles. The van der Waals surface area contributed by atoms with Gasteiger partial charge in [-0.05, 0) is 32.1 Å². The number of hydrogen-bond acceptors (Lipinski definition) is 1. The third kappa shape index (κ3) is 6.38. The Morgan fingerprint density at radius 1 is 1.38 bits per heavy atom. The van der Waals surface area contributed by atoms with Gasteiger partial charge in [0.2, 0.25) is 0 Å². The standard InChI is InChI=1S/C11H20O2/c1-3-5-6-7-8-9-10(4-2)11(12)13/h5-6,10H,3-4,7-9H2,1-2H3,(H,12,13)/b6-5+. The van der Waals surface area contributed by atoms with Crippen LogP contribution in [0.1, 0.15) is 46.0 Å². The van der Waals surface area contributed by atoms with Crippen LogP contribution in [-0.4, -0.2) is 11.1 Å². The Morgan fingerprint density at radius 3 is 2.54 bits per heavy atom. The molecule has 0 aliphatic heterocycles. The molecule has 0 amide bonds. The van der Waals surface area contributed by atoms with Crippen molar-refractivity contribution in [2.75, 3.05) is 0 Å². The normalized spacial score (nSPS) is 13.4. The van der Waals surface area contributed by atoms with E-state index in [2.05, 4.69) is 19.1 Å². The minimum atomic E-state index is -0.651. The molecule has 0 spiro atoms. The Balaban J connectivity index is 3.49. The first-order valence-electron chi connectivity index (χ1n) is 5.10. The van der Waals surface area contributed by atoms with Crippen LogP contribution >= 0.6 is 0 Å². The maximum Gasteiger partial charge on any atom is 0.306 e. The van der Waals surface area contributed by atoms with Gasteiger partial charge in [-0.1, -0.05) is 26.0 Å². The minimum Gasteiger partial charge on any atom is -0.481 e. The Kier molecular flexibility index (Phi) is 7.36. The van der Waals surface area contributed by atoms with Gasteiger partial charge in [-0.15, -0.1) is 0 Å². The van der Waals surface area contributed by atoms with E-state index in [-0.39, 0.29) is 5.92 Å². The molecule has 0 saturated heterocycles. The van der Waals surface area contributed by atoms with Crippen molar-refractivity contribution in [3.8, 4) is 0 Å². The highest BCUT2D eigenvalue weighted by molar-refractivity contribution is 5.69. The first-order valence-corrected chi connectivity index (χ1v) is 5.10. The predicted octanol–water partition coefficient (Wildman–Crippen LogP) is 3.23. The fourth-order valence-electron chi connectivity index (χ4n) is 1.27. The van der Waals surface area contributed by atoms with Crippen LogP contribution in [-0.2, 0) is 4.79 Å². The fraction of sp³-hybridized carbons (Fsp3) is 0.727. The Bertz CT molecular complexity index is 161. The Labute approximate surface area is 80.7 Å². The zero-order chi connectivity index (χ0) is 10.1. The number of rotatable bonds is 7. The number of carbonyl (C=O) groups is 1. The van der Waals surface area contributed by atoms with Crippen molar-refractivity contribution in [1.29, 1.82) is 0 Å². The molecule has 0 aliphatic carbocycles.